The molecule has 0 saturated heterocycles. The average molecular weight is 203 g/mol. The largest absolute Gasteiger partial charge is 0.486 e. The summed E-state index contributed by atoms with van der Waals surface area (Å²) in [7, 11) is 1.74. The number of hydrogen-bond donors (Lipinski definition) is 0. The summed E-state index contributed by atoms with van der Waals surface area (Å²) in [5.41, 5.74) is 1.11. The van der Waals surface area contributed by atoms with Crippen molar-refractivity contribution < 1.29 is 9.53 Å². The molecule has 1 aromatic rings. The fraction of sp³-hybridized carbons (Fsp3) is 0.250. The lowest BCUT2D eigenvalue weighted by molar-refractivity contribution is -0.138. The Labute approximate surface area is 89.0 Å². The van der Waals surface area contributed by atoms with Gasteiger partial charge in [0.1, 0.15) is 6.26 Å². The van der Waals surface area contributed by atoms with Crippen molar-refractivity contribution in [1.82, 2.24) is 4.90 Å². The van der Waals surface area contributed by atoms with Crippen molar-refractivity contribution >= 4 is 5.91 Å². The SMILES string of the molecule is CN1C=COC(Cc2ccccc2)C1=O. The van der Waals surface area contributed by atoms with Crippen LogP contribution in [0.3, 0.4) is 0 Å². The zero-order chi connectivity index (χ0) is 10.7. The Morgan fingerprint density at radius 2 is 2.07 bits per heavy atom. The highest BCUT2D eigenvalue weighted by molar-refractivity contribution is 5.82. The number of hydrogen-bond acceptors (Lipinski definition) is 2. The normalized spacial score (nSPS) is 20.2. The molecule has 0 aliphatic carbocycles. The molecule has 0 N–H and O–H groups in total. The summed E-state index contributed by atoms with van der Waals surface area (Å²) in [5.74, 6) is 0.00125. The van der Waals surface area contributed by atoms with Gasteiger partial charge in [0.15, 0.2) is 6.10 Å². The molecule has 2 rings (SSSR count). The zero-order valence-corrected chi connectivity index (χ0v) is 8.59. The zero-order valence-electron chi connectivity index (χ0n) is 8.59. The van der Waals surface area contributed by atoms with E-state index in [4.69, 9.17) is 4.74 Å². The minimum absolute atomic E-state index is 0.00125. The van der Waals surface area contributed by atoms with Gasteiger partial charge in [0.05, 0.1) is 0 Å². The number of nitrogens with zero attached hydrogens (tertiary/aromatic N) is 1. The highest BCUT2D eigenvalue weighted by atomic mass is 16.5. The van der Waals surface area contributed by atoms with E-state index in [0.29, 0.717) is 6.42 Å². The van der Waals surface area contributed by atoms with Gasteiger partial charge in [-0.3, -0.25) is 4.79 Å². The molecule has 0 saturated carbocycles. The summed E-state index contributed by atoms with van der Waals surface area (Å²) < 4.78 is 5.29. The van der Waals surface area contributed by atoms with E-state index in [1.165, 1.54) is 0 Å². The molecule has 78 valence electrons. The molecule has 1 aromatic carbocycles. The van der Waals surface area contributed by atoms with Gasteiger partial charge in [-0.1, -0.05) is 30.3 Å². The minimum atomic E-state index is -0.387. The van der Waals surface area contributed by atoms with Crippen LogP contribution in [-0.4, -0.2) is 24.0 Å². The third kappa shape index (κ3) is 2.18. The second-order valence-corrected chi connectivity index (χ2v) is 3.55. The second kappa shape index (κ2) is 4.17. The van der Waals surface area contributed by atoms with E-state index in [2.05, 4.69) is 0 Å². The summed E-state index contributed by atoms with van der Waals surface area (Å²) in [6, 6.07) is 9.87. The van der Waals surface area contributed by atoms with Gasteiger partial charge in [0.2, 0.25) is 0 Å². The molecule has 1 heterocycles. The number of carbonyl (C=O) groups excluding carboxylic acids is 1. The lowest BCUT2D eigenvalue weighted by Crippen LogP contribution is -2.38. The molecule has 1 aliphatic rings. The van der Waals surface area contributed by atoms with E-state index in [1.807, 2.05) is 30.3 Å². The first-order valence-corrected chi connectivity index (χ1v) is 4.90. The molecule has 0 spiro atoms. The van der Waals surface area contributed by atoms with E-state index >= 15 is 0 Å². The molecule has 15 heavy (non-hydrogen) atoms. The molecule has 3 nitrogen and oxygen atoms in total. The van der Waals surface area contributed by atoms with Crippen molar-refractivity contribution in [2.24, 2.45) is 0 Å². The maximum atomic E-state index is 11.7. The number of benzene rings is 1. The molecule has 0 fully saturated rings. The molecule has 1 aliphatic heterocycles. The molecule has 0 aromatic heterocycles. The van der Waals surface area contributed by atoms with E-state index in [0.717, 1.165) is 5.56 Å². The van der Waals surface area contributed by atoms with E-state index in [-0.39, 0.29) is 12.0 Å². The van der Waals surface area contributed by atoms with Crippen LogP contribution < -0.4 is 0 Å². The van der Waals surface area contributed by atoms with Gasteiger partial charge in [-0.2, -0.15) is 0 Å². The summed E-state index contributed by atoms with van der Waals surface area (Å²) in [6.45, 7) is 0. The molecular weight excluding hydrogens is 190 g/mol. The third-order valence-electron chi connectivity index (χ3n) is 2.41. The maximum Gasteiger partial charge on any atom is 0.267 e. The molecule has 1 atom stereocenters. The Hall–Kier alpha value is -1.77. The van der Waals surface area contributed by atoms with Crippen LogP contribution in [0.4, 0.5) is 0 Å². The number of amides is 1. The quantitative estimate of drug-likeness (QED) is 0.730. The summed E-state index contributed by atoms with van der Waals surface area (Å²) in [4.78, 5) is 13.2. The van der Waals surface area contributed by atoms with Gasteiger partial charge in [0.25, 0.3) is 5.91 Å². The van der Waals surface area contributed by atoms with Crippen LogP contribution in [0.15, 0.2) is 42.8 Å². The Morgan fingerprint density at radius 1 is 1.33 bits per heavy atom. The summed E-state index contributed by atoms with van der Waals surface area (Å²) in [6.07, 6.45) is 3.43. The topological polar surface area (TPSA) is 29.5 Å². The van der Waals surface area contributed by atoms with Gasteiger partial charge in [0, 0.05) is 19.7 Å². The molecular formula is C12H13NO2. The number of likely N-dealkylation sites (N-methyl/N-ethyl adjacent to an activating group) is 1. The fourth-order valence-corrected chi connectivity index (χ4v) is 1.54. The number of carbonyl (C=O) groups is 1. The van der Waals surface area contributed by atoms with Crippen LogP contribution in [0, 0.1) is 0 Å². The second-order valence-electron chi connectivity index (χ2n) is 3.55. The molecule has 0 bridgehead atoms. The average Bonchev–Trinajstić information content (AvgIpc) is 2.26. The monoisotopic (exact) mass is 203 g/mol. The molecule has 1 amide bonds. The van der Waals surface area contributed by atoms with Gasteiger partial charge >= 0.3 is 0 Å². The molecule has 0 radical (unpaired) electrons. The predicted octanol–water partition coefficient (Wildman–Crippen LogP) is 1.56. The van der Waals surface area contributed by atoms with Crippen LogP contribution in [0.1, 0.15) is 5.56 Å². The van der Waals surface area contributed by atoms with Crippen LogP contribution in [0.5, 0.6) is 0 Å². The minimum Gasteiger partial charge on any atom is -0.486 e. The van der Waals surface area contributed by atoms with Crippen LogP contribution >= 0.6 is 0 Å². The Bertz CT molecular complexity index is 372. The standard InChI is InChI=1S/C12H13NO2/c1-13-7-8-15-11(12(13)14)9-10-5-3-2-4-6-10/h2-8,11H,9H2,1H3. The Morgan fingerprint density at radius 3 is 2.80 bits per heavy atom. The molecule has 1 unspecified atom stereocenters. The first-order valence-electron chi connectivity index (χ1n) is 4.90. The van der Waals surface area contributed by atoms with Crippen molar-refractivity contribution in [1.29, 1.82) is 0 Å². The Balaban J connectivity index is 2.07. The van der Waals surface area contributed by atoms with Gasteiger partial charge in [-0.25, -0.2) is 0 Å². The number of rotatable bonds is 2. The van der Waals surface area contributed by atoms with Crippen molar-refractivity contribution in [2.45, 2.75) is 12.5 Å². The summed E-state index contributed by atoms with van der Waals surface area (Å²) in [5, 5.41) is 0. The lowest BCUT2D eigenvalue weighted by Gasteiger charge is -2.24. The van der Waals surface area contributed by atoms with Crippen molar-refractivity contribution in [3.8, 4) is 0 Å². The van der Waals surface area contributed by atoms with Crippen LogP contribution in [0.2, 0.25) is 0 Å². The van der Waals surface area contributed by atoms with Gasteiger partial charge in [-0.15, -0.1) is 0 Å². The summed E-state index contributed by atoms with van der Waals surface area (Å²) >= 11 is 0. The van der Waals surface area contributed by atoms with E-state index in [9.17, 15) is 4.79 Å². The van der Waals surface area contributed by atoms with Crippen molar-refractivity contribution in [3.05, 3.63) is 48.4 Å². The van der Waals surface area contributed by atoms with Crippen LogP contribution in [-0.2, 0) is 16.0 Å². The van der Waals surface area contributed by atoms with Crippen molar-refractivity contribution in [2.75, 3.05) is 7.05 Å². The van der Waals surface area contributed by atoms with E-state index < -0.39 is 0 Å². The Kier molecular flexibility index (Phi) is 2.72. The highest BCUT2D eigenvalue weighted by Gasteiger charge is 2.24. The fourth-order valence-electron chi connectivity index (χ4n) is 1.54. The highest BCUT2D eigenvalue weighted by Crippen LogP contribution is 2.12. The maximum absolute atomic E-state index is 11.7. The van der Waals surface area contributed by atoms with Crippen molar-refractivity contribution in [3.63, 3.8) is 0 Å². The third-order valence-corrected chi connectivity index (χ3v) is 2.41. The predicted molar refractivity (Wildman–Crippen MR) is 56.9 cm³/mol. The smallest absolute Gasteiger partial charge is 0.267 e. The first-order chi connectivity index (χ1) is 7.27. The van der Waals surface area contributed by atoms with Gasteiger partial charge in [-0.05, 0) is 5.56 Å². The first kappa shape index (κ1) is 9.77. The van der Waals surface area contributed by atoms with Crippen LogP contribution in [0.25, 0.3) is 0 Å². The van der Waals surface area contributed by atoms with E-state index in [1.54, 1.807) is 24.4 Å². The van der Waals surface area contributed by atoms with Gasteiger partial charge < -0.3 is 9.64 Å². The molecule has 3 heteroatoms. The number of ether oxygens (including phenoxy) is 1. The lowest BCUT2D eigenvalue weighted by atomic mass is 10.1.